The van der Waals surface area contributed by atoms with Crippen LogP contribution in [0.25, 0.3) is 0 Å². The van der Waals surface area contributed by atoms with Crippen molar-refractivity contribution >= 4 is 23.2 Å². The number of carbonyl (C=O) groups excluding carboxylic acids is 2. The average molecular weight is 388 g/mol. The number of fused-ring (bicyclic) bond motifs is 1. The summed E-state index contributed by atoms with van der Waals surface area (Å²) in [4.78, 5) is 25.4. The number of rotatable bonds is 5. The smallest absolute Gasteiger partial charge is 0.278 e. The van der Waals surface area contributed by atoms with Crippen molar-refractivity contribution in [1.29, 1.82) is 0 Å². The topological polar surface area (TPSA) is 76.7 Å². The molecule has 1 heterocycles. The van der Waals surface area contributed by atoms with E-state index in [2.05, 4.69) is 10.6 Å². The molecule has 29 heavy (non-hydrogen) atoms. The van der Waals surface area contributed by atoms with Crippen LogP contribution in [0.5, 0.6) is 11.5 Å². The minimum atomic E-state index is -1.68. The van der Waals surface area contributed by atoms with Crippen LogP contribution in [0.2, 0.25) is 0 Å². The SMILES string of the molecule is CC1(C(=O)Nc2cccc(COc3ccccc3)c2)Oc2ccccc2NC1=O. The molecule has 0 aromatic heterocycles. The average Bonchev–Trinajstić information content (AvgIpc) is 2.74. The van der Waals surface area contributed by atoms with Gasteiger partial charge < -0.3 is 20.1 Å². The summed E-state index contributed by atoms with van der Waals surface area (Å²) >= 11 is 0. The highest BCUT2D eigenvalue weighted by atomic mass is 16.5. The van der Waals surface area contributed by atoms with Crippen molar-refractivity contribution in [3.05, 3.63) is 84.4 Å². The van der Waals surface area contributed by atoms with Crippen molar-refractivity contribution in [1.82, 2.24) is 0 Å². The van der Waals surface area contributed by atoms with Gasteiger partial charge in [-0.05, 0) is 48.9 Å². The molecule has 0 bridgehead atoms. The van der Waals surface area contributed by atoms with E-state index in [1.807, 2.05) is 42.5 Å². The van der Waals surface area contributed by atoms with Crippen LogP contribution in [-0.4, -0.2) is 17.4 Å². The summed E-state index contributed by atoms with van der Waals surface area (Å²) in [5, 5.41) is 5.49. The second-order valence-electron chi connectivity index (χ2n) is 6.84. The van der Waals surface area contributed by atoms with Crippen LogP contribution in [-0.2, 0) is 16.2 Å². The maximum Gasteiger partial charge on any atom is 0.278 e. The van der Waals surface area contributed by atoms with Gasteiger partial charge >= 0.3 is 0 Å². The summed E-state index contributed by atoms with van der Waals surface area (Å²) in [6.45, 7) is 1.81. The van der Waals surface area contributed by atoms with Gasteiger partial charge in [0.1, 0.15) is 18.1 Å². The minimum absolute atomic E-state index is 0.357. The molecule has 6 heteroatoms. The van der Waals surface area contributed by atoms with Gasteiger partial charge in [0.05, 0.1) is 5.69 Å². The zero-order valence-electron chi connectivity index (χ0n) is 15.8. The number of hydrogen-bond donors (Lipinski definition) is 2. The largest absolute Gasteiger partial charge is 0.489 e. The molecule has 1 aliphatic rings. The lowest BCUT2D eigenvalue weighted by molar-refractivity contribution is -0.143. The Morgan fingerprint density at radius 1 is 1.03 bits per heavy atom. The molecule has 1 atom stereocenters. The predicted molar refractivity (Wildman–Crippen MR) is 110 cm³/mol. The first kappa shape index (κ1) is 18.6. The van der Waals surface area contributed by atoms with E-state index >= 15 is 0 Å². The second kappa shape index (κ2) is 7.67. The standard InChI is InChI=1S/C23H20N2O4/c1-23(22(27)25-19-12-5-6-13-20(19)29-23)21(26)24-17-9-7-8-16(14-17)15-28-18-10-3-2-4-11-18/h2-14H,15H2,1H3,(H,24,26)(H,25,27). The van der Waals surface area contributed by atoms with E-state index in [9.17, 15) is 9.59 Å². The highest BCUT2D eigenvalue weighted by molar-refractivity contribution is 6.19. The fraction of sp³-hybridized carbons (Fsp3) is 0.130. The van der Waals surface area contributed by atoms with Gasteiger partial charge in [0.15, 0.2) is 0 Å². The quantitative estimate of drug-likeness (QED) is 0.648. The molecule has 2 N–H and O–H groups in total. The molecule has 4 rings (SSSR count). The number of ether oxygens (including phenoxy) is 2. The van der Waals surface area contributed by atoms with Crippen molar-refractivity contribution in [2.24, 2.45) is 0 Å². The zero-order valence-corrected chi connectivity index (χ0v) is 15.8. The van der Waals surface area contributed by atoms with Crippen LogP contribution < -0.4 is 20.1 Å². The molecule has 0 fully saturated rings. The minimum Gasteiger partial charge on any atom is -0.489 e. The molecule has 0 radical (unpaired) electrons. The maximum absolute atomic E-state index is 12.9. The second-order valence-corrected chi connectivity index (χ2v) is 6.84. The van der Waals surface area contributed by atoms with Crippen molar-refractivity contribution in [3.8, 4) is 11.5 Å². The Hall–Kier alpha value is -3.80. The number of anilines is 2. The first-order valence-electron chi connectivity index (χ1n) is 9.22. The Labute approximate surface area is 168 Å². The third kappa shape index (κ3) is 3.91. The van der Waals surface area contributed by atoms with Crippen LogP contribution in [0.3, 0.4) is 0 Å². The van der Waals surface area contributed by atoms with Crippen molar-refractivity contribution in [2.45, 2.75) is 19.1 Å². The number of nitrogens with one attached hydrogen (secondary N) is 2. The van der Waals surface area contributed by atoms with Gasteiger partial charge in [-0.3, -0.25) is 9.59 Å². The fourth-order valence-corrected chi connectivity index (χ4v) is 2.99. The van der Waals surface area contributed by atoms with Crippen molar-refractivity contribution < 1.29 is 19.1 Å². The Morgan fingerprint density at radius 3 is 2.62 bits per heavy atom. The summed E-state index contributed by atoms with van der Waals surface area (Å²) in [7, 11) is 0. The molecule has 2 amide bonds. The first-order chi connectivity index (χ1) is 14.0. The Kier molecular flexibility index (Phi) is 4.91. The van der Waals surface area contributed by atoms with Gasteiger partial charge in [-0.2, -0.15) is 0 Å². The van der Waals surface area contributed by atoms with E-state index in [-0.39, 0.29) is 0 Å². The lowest BCUT2D eigenvalue weighted by Crippen LogP contribution is -2.56. The molecular formula is C23H20N2O4. The van der Waals surface area contributed by atoms with E-state index in [0.29, 0.717) is 23.7 Å². The van der Waals surface area contributed by atoms with Crippen LogP contribution in [0.1, 0.15) is 12.5 Å². The lowest BCUT2D eigenvalue weighted by atomic mass is 10.0. The van der Waals surface area contributed by atoms with E-state index < -0.39 is 17.4 Å². The third-order valence-corrected chi connectivity index (χ3v) is 4.65. The molecule has 1 aliphatic heterocycles. The number of benzene rings is 3. The van der Waals surface area contributed by atoms with Gasteiger partial charge in [-0.15, -0.1) is 0 Å². The molecule has 1 unspecified atom stereocenters. The first-order valence-corrected chi connectivity index (χ1v) is 9.22. The summed E-state index contributed by atoms with van der Waals surface area (Å²) in [6.07, 6.45) is 0. The maximum atomic E-state index is 12.9. The fourth-order valence-electron chi connectivity index (χ4n) is 2.99. The third-order valence-electron chi connectivity index (χ3n) is 4.65. The van der Waals surface area contributed by atoms with Gasteiger partial charge in [-0.25, -0.2) is 0 Å². The number of amides is 2. The zero-order chi connectivity index (χ0) is 20.3. The molecular weight excluding hydrogens is 368 g/mol. The Bertz CT molecular complexity index is 1050. The van der Waals surface area contributed by atoms with Crippen LogP contribution in [0, 0.1) is 0 Å². The van der Waals surface area contributed by atoms with Crippen molar-refractivity contribution in [3.63, 3.8) is 0 Å². The summed E-state index contributed by atoms with van der Waals surface area (Å²) < 4.78 is 11.5. The van der Waals surface area contributed by atoms with Crippen LogP contribution >= 0.6 is 0 Å². The predicted octanol–water partition coefficient (Wildman–Crippen LogP) is 3.99. The van der Waals surface area contributed by atoms with E-state index in [1.165, 1.54) is 6.92 Å². The molecule has 0 aliphatic carbocycles. The van der Waals surface area contributed by atoms with E-state index in [0.717, 1.165) is 11.3 Å². The molecule has 3 aromatic rings. The molecule has 0 spiro atoms. The molecule has 0 saturated heterocycles. The number of para-hydroxylation sites is 3. The van der Waals surface area contributed by atoms with Gasteiger partial charge in [0.2, 0.25) is 0 Å². The highest BCUT2D eigenvalue weighted by Gasteiger charge is 2.47. The summed E-state index contributed by atoms with van der Waals surface area (Å²) in [5.41, 5.74) is 0.310. The van der Waals surface area contributed by atoms with Crippen molar-refractivity contribution in [2.75, 3.05) is 10.6 Å². The van der Waals surface area contributed by atoms with Gasteiger partial charge in [-0.1, -0.05) is 42.5 Å². The monoisotopic (exact) mass is 388 g/mol. The molecule has 6 nitrogen and oxygen atoms in total. The lowest BCUT2D eigenvalue weighted by Gasteiger charge is -2.33. The molecule has 3 aromatic carbocycles. The van der Waals surface area contributed by atoms with Crippen LogP contribution in [0.15, 0.2) is 78.9 Å². The summed E-state index contributed by atoms with van der Waals surface area (Å²) in [5.74, 6) is 0.151. The van der Waals surface area contributed by atoms with Crippen LogP contribution in [0.4, 0.5) is 11.4 Å². The number of carbonyl (C=O) groups is 2. The van der Waals surface area contributed by atoms with Gasteiger partial charge in [0.25, 0.3) is 17.4 Å². The highest BCUT2D eigenvalue weighted by Crippen LogP contribution is 2.33. The van der Waals surface area contributed by atoms with E-state index in [1.54, 1.807) is 36.4 Å². The molecule has 0 saturated carbocycles. The van der Waals surface area contributed by atoms with E-state index in [4.69, 9.17) is 9.47 Å². The van der Waals surface area contributed by atoms with Gasteiger partial charge in [0, 0.05) is 5.69 Å². The Balaban J connectivity index is 1.46. The normalized spacial score (nSPS) is 17.5. The Morgan fingerprint density at radius 2 is 1.79 bits per heavy atom. The number of hydrogen-bond acceptors (Lipinski definition) is 4. The molecule has 146 valence electrons. The summed E-state index contributed by atoms with van der Waals surface area (Å²) in [6, 6.07) is 23.8.